The Balaban J connectivity index is 1.69. The molecule has 0 spiro atoms. The molecule has 2 aliphatic rings. The molecule has 0 saturated heterocycles. The molecule has 4 heteroatoms. The molecule has 2 aliphatic carbocycles. The summed E-state index contributed by atoms with van der Waals surface area (Å²) in [6, 6.07) is 23.7. The normalized spacial score (nSPS) is 12.5. The summed E-state index contributed by atoms with van der Waals surface area (Å²) in [5.74, 6) is 0. The molecule has 0 radical (unpaired) electrons. The van der Waals surface area contributed by atoms with Crippen LogP contribution in [0.25, 0.3) is 33.4 Å². The van der Waals surface area contributed by atoms with Gasteiger partial charge in [-0.25, -0.2) is 0 Å². The largest absolute Gasteiger partial charge is 0.399 e. The smallest absolute Gasteiger partial charge is 0.0406 e. The van der Waals surface area contributed by atoms with E-state index in [4.69, 9.17) is 22.9 Å². The Morgan fingerprint density at radius 2 is 0.594 bits per heavy atom. The highest BCUT2D eigenvalue weighted by Crippen LogP contribution is 2.47. The number of benzene rings is 4. The molecule has 0 amide bonds. The fourth-order valence-electron chi connectivity index (χ4n) is 4.70. The predicted octanol–water partition coefficient (Wildman–Crippen LogP) is 5.29. The van der Waals surface area contributed by atoms with E-state index in [1.807, 2.05) is 72.8 Å². The molecule has 4 aromatic rings. The first-order valence-electron chi connectivity index (χ1n) is 10.4. The van der Waals surface area contributed by atoms with E-state index < -0.39 is 0 Å². The lowest BCUT2D eigenvalue weighted by molar-refractivity contribution is 1.63. The van der Waals surface area contributed by atoms with Crippen LogP contribution in [0.5, 0.6) is 0 Å². The van der Waals surface area contributed by atoms with Gasteiger partial charge in [0.2, 0.25) is 0 Å². The van der Waals surface area contributed by atoms with Crippen LogP contribution in [0.4, 0.5) is 22.7 Å². The van der Waals surface area contributed by atoms with Gasteiger partial charge in [0.25, 0.3) is 0 Å². The lowest BCUT2D eigenvalue weighted by atomic mass is 10.0. The van der Waals surface area contributed by atoms with Crippen molar-refractivity contribution in [2.45, 2.75) is 0 Å². The van der Waals surface area contributed by atoms with E-state index in [0.29, 0.717) is 0 Å². The first-order chi connectivity index (χ1) is 15.5. The lowest BCUT2D eigenvalue weighted by Gasteiger charge is -2.02. The second kappa shape index (κ2) is 6.44. The Hall–Kier alpha value is -4.62. The maximum atomic E-state index is 6.07. The molecule has 0 bridgehead atoms. The molecule has 0 atom stereocenters. The molecule has 8 N–H and O–H groups in total. The molecule has 32 heavy (non-hydrogen) atoms. The summed E-state index contributed by atoms with van der Waals surface area (Å²) in [5.41, 5.74) is 44.6. The Morgan fingerprint density at radius 1 is 0.344 bits per heavy atom. The Morgan fingerprint density at radius 3 is 0.844 bits per heavy atom. The summed E-state index contributed by atoms with van der Waals surface area (Å²) in [4.78, 5) is 0. The molecular weight excluding hydrogens is 392 g/mol. The minimum atomic E-state index is 0.717. The standard InChI is InChI=1S/C28H20N4/c29-15-1-5-21-19(22-6-2-16(30)12-26(22)25(21)11-15)9-10-20-23-7-3-17(31)13-27(23)28-14-18(32)4-8-24(20)28/h1-8,11-14H,29-32H2. The van der Waals surface area contributed by atoms with Crippen molar-refractivity contribution < 1.29 is 0 Å². The third-order valence-electron chi connectivity index (χ3n) is 6.14. The Bertz CT molecular complexity index is 1350. The summed E-state index contributed by atoms with van der Waals surface area (Å²) in [6.45, 7) is 0. The average Bonchev–Trinajstić information content (AvgIpc) is 3.23. The molecule has 0 unspecified atom stereocenters. The molecule has 0 saturated carbocycles. The van der Waals surface area contributed by atoms with E-state index in [2.05, 4.69) is 11.5 Å². The van der Waals surface area contributed by atoms with Crippen molar-refractivity contribution in [2.75, 3.05) is 22.9 Å². The van der Waals surface area contributed by atoms with Crippen LogP contribution in [0.1, 0.15) is 22.3 Å². The fourth-order valence-corrected chi connectivity index (χ4v) is 4.70. The summed E-state index contributed by atoms with van der Waals surface area (Å²) in [6.07, 6.45) is 0. The van der Waals surface area contributed by atoms with Crippen LogP contribution in [0.2, 0.25) is 0 Å². The summed E-state index contributed by atoms with van der Waals surface area (Å²) in [5, 5.41) is 0. The highest BCUT2D eigenvalue weighted by atomic mass is 14.6. The van der Waals surface area contributed by atoms with Gasteiger partial charge in [0.05, 0.1) is 0 Å². The van der Waals surface area contributed by atoms with Gasteiger partial charge < -0.3 is 22.9 Å². The van der Waals surface area contributed by atoms with Gasteiger partial charge in [-0.15, -0.1) is 0 Å². The maximum absolute atomic E-state index is 6.07. The summed E-state index contributed by atoms with van der Waals surface area (Å²) in [7, 11) is 0. The third-order valence-corrected chi connectivity index (χ3v) is 6.14. The van der Waals surface area contributed by atoms with E-state index in [9.17, 15) is 0 Å². The van der Waals surface area contributed by atoms with Crippen molar-refractivity contribution in [1.82, 2.24) is 0 Å². The van der Waals surface area contributed by atoms with Crippen molar-refractivity contribution in [3.05, 3.63) is 107 Å². The van der Waals surface area contributed by atoms with Crippen LogP contribution in [0.3, 0.4) is 0 Å². The highest BCUT2D eigenvalue weighted by molar-refractivity contribution is 6.04. The van der Waals surface area contributed by atoms with Gasteiger partial charge in [-0.2, -0.15) is 0 Å². The molecule has 0 heterocycles. The number of rotatable bonds is 0. The quantitative estimate of drug-likeness (QED) is 0.201. The van der Waals surface area contributed by atoms with Gasteiger partial charge >= 0.3 is 0 Å². The molecule has 0 aromatic heterocycles. The molecule has 4 aromatic carbocycles. The van der Waals surface area contributed by atoms with Crippen LogP contribution in [0.15, 0.2) is 84.3 Å². The number of hydrogen-bond donors (Lipinski definition) is 4. The van der Waals surface area contributed by atoms with Crippen molar-refractivity contribution >= 4 is 33.9 Å². The van der Waals surface area contributed by atoms with Crippen LogP contribution >= 0.6 is 0 Å². The molecule has 4 nitrogen and oxygen atoms in total. The number of anilines is 4. The first kappa shape index (κ1) is 18.2. The van der Waals surface area contributed by atoms with Crippen molar-refractivity contribution in [3.8, 4) is 22.3 Å². The monoisotopic (exact) mass is 412 g/mol. The number of fused-ring (bicyclic) bond motifs is 6. The second-order valence-corrected chi connectivity index (χ2v) is 8.22. The summed E-state index contributed by atoms with van der Waals surface area (Å²) >= 11 is 0. The van der Waals surface area contributed by atoms with E-state index in [-0.39, 0.29) is 0 Å². The number of nitrogens with two attached hydrogens (primary N) is 4. The third kappa shape index (κ3) is 2.59. The van der Waals surface area contributed by atoms with E-state index >= 15 is 0 Å². The lowest BCUT2D eigenvalue weighted by Crippen LogP contribution is -1.87. The van der Waals surface area contributed by atoms with Gasteiger partial charge in [-0.1, -0.05) is 35.7 Å². The van der Waals surface area contributed by atoms with E-state index in [0.717, 1.165) is 78.4 Å². The predicted molar refractivity (Wildman–Crippen MR) is 133 cm³/mol. The topological polar surface area (TPSA) is 104 Å². The molecular formula is C28H20N4. The average molecular weight is 412 g/mol. The summed E-state index contributed by atoms with van der Waals surface area (Å²) < 4.78 is 0. The molecule has 152 valence electrons. The van der Waals surface area contributed by atoms with Gasteiger partial charge in [0.15, 0.2) is 0 Å². The van der Waals surface area contributed by atoms with Crippen molar-refractivity contribution in [3.63, 3.8) is 0 Å². The minimum Gasteiger partial charge on any atom is -0.399 e. The zero-order valence-corrected chi connectivity index (χ0v) is 17.2. The Labute approximate surface area is 185 Å². The zero-order chi connectivity index (χ0) is 22.0. The number of hydrogen-bond acceptors (Lipinski definition) is 4. The van der Waals surface area contributed by atoms with E-state index in [1.54, 1.807) is 0 Å². The fraction of sp³-hybridized carbons (Fsp3) is 0. The number of nitrogen functional groups attached to an aromatic ring is 4. The van der Waals surface area contributed by atoms with Crippen molar-refractivity contribution in [1.29, 1.82) is 0 Å². The molecule has 0 fully saturated rings. The van der Waals surface area contributed by atoms with Crippen molar-refractivity contribution in [2.24, 2.45) is 0 Å². The highest BCUT2D eigenvalue weighted by Gasteiger charge is 2.25. The maximum Gasteiger partial charge on any atom is 0.0406 e. The zero-order valence-electron chi connectivity index (χ0n) is 17.2. The van der Waals surface area contributed by atoms with Crippen LogP contribution in [0, 0.1) is 0 Å². The van der Waals surface area contributed by atoms with Gasteiger partial charge in [0, 0.05) is 33.9 Å². The molecule has 6 rings (SSSR count). The minimum absolute atomic E-state index is 0.717. The van der Waals surface area contributed by atoms with Crippen LogP contribution in [-0.2, 0) is 0 Å². The van der Waals surface area contributed by atoms with Crippen LogP contribution in [-0.4, -0.2) is 0 Å². The second-order valence-electron chi connectivity index (χ2n) is 8.22. The van der Waals surface area contributed by atoms with Gasteiger partial charge in [-0.05, 0) is 93.0 Å². The molecule has 0 aliphatic heterocycles. The van der Waals surface area contributed by atoms with Crippen LogP contribution < -0.4 is 22.9 Å². The van der Waals surface area contributed by atoms with Gasteiger partial charge in [-0.3, -0.25) is 0 Å². The van der Waals surface area contributed by atoms with Gasteiger partial charge in [0.1, 0.15) is 0 Å². The Kier molecular flexibility index (Phi) is 3.66. The first-order valence-corrected chi connectivity index (χ1v) is 10.4. The SMILES string of the molecule is Nc1ccc2c(c1)-c1cc(N)ccc1C2=C=C=C1c2ccc(N)cc2-c2cc(N)ccc21. The van der Waals surface area contributed by atoms with E-state index in [1.165, 1.54) is 0 Å².